The molecule has 5 heteroatoms. The molecule has 0 aliphatic heterocycles. The highest BCUT2D eigenvalue weighted by Crippen LogP contribution is 2.31. The second-order valence-electron chi connectivity index (χ2n) is 4.59. The van der Waals surface area contributed by atoms with Crippen molar-refractivity contribution in [3.63, 3.8) is 0 Å². The first-order valence-electron chi connectivity index (χ1n) is 6.58. The van der Waals surface area contributed by atoms with Gasteiger partial charge in [-0.25, -0.2) is 8.78 Å². The van der Waals surface area contributed by atoms with Gasteiger partial charge in [0, 0.05) is 6.07 Å². The van der Waals surface area contributed by atoms with E-state index in [-0.39, 0.29) is 6.04 Å². The molecule has 1 N–H and O–H groups in total. The summed E-state index contributed by atoms with van der Waals surface area (Å²) in [5, 5.41) is 3.24. The van der Waals surface area contributed by atoms with Gasteiger partial charge in [0.25, 0.3) is 0 Å². The Kier molecular flexibility index (Phi) is 5.31. The molecule has 21 heavy (non-hydrogen) atoms. The summed E-state index contributed by atoms with van der Waals surface area (Å²) >= 11 is 3.43. The third-order valence-electron chi connectivity index (χ3n) is 3.14. The van der Waals surface area contributed by atoms with Gasteiger partial charge in [0.15, 0.2) is 0 Å². The molecule has 0 aromatic heterocycles. The maximum atomic E-state index is 13.4. The Labute approximate surface area is 131 Å². The number of hydrogen-bond acceptors (Lipinski definition) is 2. The second kappa shape index (κ2) is 7.00. The van der Waals surface area contributed by atoms with Crippen LogP contribution in [0.4, 0.5) is 8.78 Å². The van der Waals surface area contributed by atoms with E-state index in [2.05, 4.69) is 21.2 Å². The van der Waals surface area contributed by atoms with Crippen molar-refractivity contribution in [2.45, 2.75) is 13.0 Å². The summed E-state index contributed by atoms with van der Waals surface area (Å²) in [6.07, 6.45) is 0. The summed E-state index contributed by atoms with van der Waals surface area (Å²) < 4.78 is 32.9. The molecule has 0 saturated heterocycles. The minimum absolute atomic E-state index is 0.289. The van der Waals surface area contributed by atoms with Crippen molar-refractivity contribution < 1.29 is 13.5 Å². The van der Waals surface area contributed by atoms with Crippen molar-refractivity contribution in [3.05, 3.63) is 63.6 Å². The van der Waals surface area contributed by atoms with Crippen LogP contribution in [0.2, 0.25) is 0 Å². The molecule has 0 radical (unpaired) electrons. The minimum Gasteiger partial charge on any atom is -0.496 e. The van der Waals surface area contributed by atoms with Gasteiger partial charge in [-0.1, -0.05) is 13.0 Å². The monoisotopic (exact) mass is 355 g/mol. The predicted molar refractivity (Wildman–Crippen MR) is 82.6 cm³/mol. The molecule has 1 atom stereocenters. The van der Waals surface area contributed by atoms with E-state index in [1.54, 1.807) is 7.11 Å². The highest BCUT2D eigenvalue weighted by molar-refractivity contribution is 9.10. The lowest BCUT2D eigenvalue weighted by Crippen LogP contribution is -2.22. The largest absolute Gasteiger partial charge is 0.496 e. The van der Waals surface area contributed by atoms with Crippen molar-refractivity contribution in [1.29, 1.82) is 0 Å². The lowest BCUT2D eigenvalue weighted by Gasteiger charge is -2.20. The Morgan fingerprint density at radius 3 is 2.29 bits per heavy atom. The molecule has 0 heterocycles. The quantitative estimate of drug-likeness (QED) is 0.856. The molecule has 2 aromatic carbocycles. The molecular formula is C16H16BrF2NO. The highest BCUT2D eigenvalue weighted by Gasteiger charge is 2.16. The highest BCUT2D eigenvalue weighted by atomic mass is 79.9. The lowest BCUT2D eigenvalue weighted by molar-refractivity contribution is 0.411. The van der Waals surface area contributed by atoms with E-state index in [1.807, 2.05) is 25.1 Å². The van der Waals surface area contributed by atoms with E-state index in [1.165, 1.54) is 12.1 Å². The average Bonchev–Trinajstić information content (AvgIpc) is 2.43. The van der Waals surface area contributed by atoms with Gasteiger partial charge in [0.2, 0.25) is 0 Å². The molecule has 2 nitrogen and oxygen atoms in total. The van der Waals surface area contributed by atoms with Gasteiger partial charge in [-0.15, -0.1) is 0 Å². The van der Waals surface area contributed by atoms with Gasteiger partial charge in [0.1, 0.15) is 17.4 Å². The number of rotatable bonds is 5. The maximum Gasteiger partial charge on any atom is 0.133 e. The number of benzene rings is 2. The maximum absolute atomic E-state index is 13.4. The zero-order chi connectivity index (χ0) is 15.4. The molecule has 112 valence electrons. The summed E-state index contributed by atoms with van der Waals surface area (Å²) in [5.74, 6) is -0.458. The van der Waals surface area contributed by atoms with Gasteiger partial charge in [0.05, 0.1) is 17.6 Å². The Bertz CT molecular complexity index is 613. The fraction of sp³-hybridized carbons (Fsp3) is 0.250. The van der Waals surface area contributed by atoms with E-state index in [9.17, 15) is 8.78 Å². The molecule has 0 aliphatic carbocycles. The minimum atomic E-state index is -0.583. The van der Waals surface area contributed by atoms with Crippen molar-refractivity contribution in [2.75, 3.05) is 13.7 Å². The van der Waals surface area contributed by atoms with Crippen molar-refractivity contribution in [2.24, 2.45) is 0 Å². The van der Waals surface area contributed by atoms with E-state index in [4.69, 9.17) is 4.74 Å². The van der Waals surface area contributed by atoms with Crippen LogP contribution >= 0.6 is 15.9 Å². The first-order chi connectivity index (χ1) is 10.0. The third kappa shape index (κ3) is 3.80. The van der Waals surface area contributed by atoms with Crippen LogP contribution in [-0.4, -0.2) is 13.7 Å². The standard InChI is InChI=1S/C16H16BrF2NO/c1-3-20-16(11-6-12(18)9-13(19)7-11)10-4-5-15(21-2)14(17)8-10/h4-9,16,20H,3H2,1-2H3. The summed E-state index contributed by atoms with van der Waals surface area (Å²) in [4.78, 5) is 0. The van der Waals surface area contributed by atoms with Gasteiger partial charge >= 0.3 is 0 Å². The molecule has 2 rings (SSSR count). The van der Waals surface area contributed by atoms with Gasteiger partial charge < -0.3 is 10.1 Å². The molecule has 0 fully saturated rings. The fourth-order valence-electron chi connectivity index (χ4n) is 2.24. The number of methoxy groups -OCH3 is 1. The Morgan fingerprint density at radius 2 is 1.76 bits per heavy atom. The molecule has 0 aliphatic rings. The van der Waals surface area contributed by atoms with Crippen LogP contribution in [0.15, 0.2) is 40.9 Å². The first-order valence-corrected chi connectivity index (χ1v) is 7.37. The first kappa shape index (κ1) is 15.9. The zero-order valence-corrected chi connectivity index (χ0v) is 13.4. The van der Waals surface area contributed by atoms with Crippen LogP contribution in [0.3, 0.4) is 0 Å². The average molecular weight is 356 g/mol. The Hall–Kier alpha value is -1.46. The van der Waals surface area contributed by atoms with Gasteiger partial charge in [-0.2, -0.15) is 0 Å². The van der Waals surface area contributed by atoms with Crippen LogP contribution in [0.25, 0.3) is 0 Å². The smallest absolute Gasteiger partial charge is 0.133 e. The summed E-state index contributed by atoms with van der Waals surface area (Å²) in [6.45, 7) is 2.62. The summed E-state index contributed by atoms with van der Waals surface area (Å²) in [7, 11) is 1.59. The molecule has 0 amide bonds. The van der Waals surface area contributed by atoms with Crippen LogP contribution in [0.5, 0.6) is 5.75 Å². The molecule has 1 unspecified atom stereocenters. The van der Waals surface area contributed by atoms with Crippen LogP contribution in [0.1, 0.15) is 24.1 Å². The molecule has 0 spiro atoms. The van der Waals surface area contributed by atoms with Crippen LogP contribution in [0, 0.1) is 11.6 Å². The SMILES string of the molecule is CCNC(c1cc(F)cc(F)c1)c1ccc(OC)c(Br)c1. The zero-order valence-electron chi connectivity index (χ0n) is 11.8. The topological polar surface area (TPSA) is 21.3 Å². The number of nitrogens with one attached hydrogen (secondary N) is 1. The van der Waals surface area contributed by atoms with Gasteiger partial charge in [-0.05, 0) is 57.9 Å². The van der Waals surface area contributed by atoms with Crippen LogP contribution in [-0.2, 0) is 0 Å². The molecule has 0 bridgehead atoms. The number of halogens is 3. The van der Waals surface area contributed by atoms with E-state index in [0.29, 0.717) is 17.9 Å². The second-order valence-corrected chi connectivity index (χ2v) is 5.44. The number of ether oxygens (including phenoxy) is 1. The molecular weight excluding hydrogens is 340 g/mol. The van der Waals surface area contributed by atoms with E-state index in [0.717, 1.165) is 16.1 Å². The van der Waals surface area contributed by atoms with Crippen molar-refractivity contribution in [3.8, 4) is 5.75 Å². The lowest BCUT2D eigenvalue weighted by atomic mass is 9.98. The predicted octanol–water partition coefficient (Wildman–Crippen LogP) is 4.43. The Balaban J connectivity index is 2.45. The fourth-order valence-corrected chi connectivity index (χ4v) is 2.79. The van der Waals surface area contributed by atoms with Crippen LogP contribution < -0.4 is 10.1 Å². The molecule has 2 aromatic rings. The van der Waals surface area contributed by atoms with Crippen molar-refractivity contribution >= 4 is 15.9 Å². The van der Waals surface area contributed by atoms with Gasteiger partial charge in [-0.3, -0.25) is 0 Å². The Morgan fingerprint density at radius 1 is 1.10 bits per heavy atom. The normalized spacial score (nSPS) is 12.2. The summed E-state index contributed by atoms with van der Waals surface area (Å²) in [6, 6.07) is 8.84. The van der Waals surface area contributed by atoms with E-state index >= 15 is 0 Å². The van der Waals surface area contributed by atoms with Crippen molar-refractivity contribution in [1.82, 2.24) is 5.32 Å². The summed E-state index contributed by atoms with van der Waals surface area (Å²) in [5.41, 5.74) is 1.45. The third-order valence-corrected chi connectivity index (χ3v) is 3.76. The molecule has 0 saturated carbocycles. The number of hydrogen-bond donors (Lipinski definition) is 1. The van der Waals surface area contributed by atoms with E-state index < -0.39 is 11.6 Å².